The molecule has 1 N–H and O–H groups in total. The minimum absolute atomic E-state index is 0.188. The number of aromatic nitrogens is 3. The molecule has 33 heavy (non-hydrogen) atoms. The second-order valence-corrected chi connectivity index (χ2v) is 8.24. The Morgan fingerprint density at radius 3 is 2.42 bits per heavy atom. The van der Waals surface area contributed by atoms with Crippen molar-refractivity contribution < 1.29 is 9.59 Å². The first kappa shape index (κ1) is 22.8. The summed E-state index contributed by atoms with van der Waals surface area (Å²) in [4.78, 5) is 32.1. The van der Waals surface area contributed by atoms with Crippen LogP contribution in [-0.2, 0) is 11.3 Å². The fourth-order valence-corrected chi connectivity index (χ4v) is 3.99. The second-order valence-electron chi connectivity index (χ2n) is 7.42. The average molecular weight is 482 g/mol. The molecular formula is C24H21Cl2N5O2. The number of nitrogens with one attached hydrogen (secondary N) is 1. The highest BCUT2D eigenvalue weighted by Crippen LogP contribution is 2.30. The van der Waals surface area contributed by atoms with E-state index in [9.17, 15) is 9.59 Å². The van der Waals surface area contributed by atoms with Gasteiger partial charge in [0.05, 0.1) is 45.1 Å². The van der Waals surface area contributed by atoms with Crippen molar-refractivity contribution >= 4 is 51.7 Å². The first-order chi connectivity index (χ1) is 15.9. The van der Waals surface area contributed by atoms with E-state index in [1.165, 1.54) is 4.90 Å². The molecule has 0 aliphatic heterocycles. The van der Waals surface area contributed by atoms with E-state index in [1.807, 2.05) is 37.3 Å². The lowest BCUT2D eigenvalue weighted by Crippen LogP contribution is -2.35. The number of halogens is 2. The van der Waals surface area contributed by atoms with E-state index >= 15 is 0 Å². The van der Waals surface area contributed by atoms with Crippen LogP contribution in [0.5, 0.6) is 0 Å². The summed E-state index contributed by atoms with van der Waals surface area (Å²) in [6.07, 6.45) is 1.63. The fourth-order valence-electron chi connectivity index (χ4n) is 3.50. The number of nitrogens with zero attached hydrogens (tertiary/aromatic N) is 4. The quantitative estimate of drug-likeness (QED) is 0.413. The van der Waals surface area contributed by atoms with Crippen LogP contribution in [0.3, 0.4) is 0 Å². The lowest BCUT2D eigenvalue weighted by atomic mass is 10.1. The molecule has 2 amide bonds. The number of para-hydroxylation sites is 1. The molecule has 0 fully saturated rings. The zero-order valence-corrected chi connectivity index (χ0v) is 19.6. The molecule has 0 atom stereocenters. The van der Waals surface area contributed by atoms with Gasteiger partial charge in [-0.15, -0.1) is 0 Å². The number of fused-ring (bicyclic) bond motifs is 1. The molecule has 0 bridgehead atoms. The molecule has 9 heteroatoms. The number of hydrogen-bond donors (Lipinski definition) is 1. The molecule has 4 rings (SSSR count). The Morgan fingerprint density at radius 1 is 1.06 bits per heavy atom. The van der Waals surface area contributed by atoms with E-state index in [2.05, 4.69) is 10.4 Å². The molecule has 0 spiro atoms. The van der Waals surface area contributed by atoms with Gasteiger partial charge in [0.25, 0.3) is 5.91 Å². The van der Waals surface area contributed by atoms with Crippen molar-refractivity contribution in [1.29, 1.82) is 0 Å². The number of amides is 2. The van der Waals surface area contributed by atoms with Gasteiger partial charge in [-0.25, -0.2) is 9.67 Å². The molecule has 4 aromatic rings. The van der Waals surface area contributed by atoms with Crippen LogP contribution in [0.15, 0.2) is 60.8 Å². The van der Waals surface area contributed by atoms with E-state index < -0.39 is 5.91 Å². The third kappa shape index (κ3) is 4.69. The largest absolute Gasteiger partial charge is 0.332 e. The lowest BCUT2D eigenvalue weighted by molar-refractivity contribution is -0.116. The van der Waals surface area contributed by atoms with Gasteiger partial charge in [0, 0.05) is 19.2 Å². The molecule has 0 saturated heterocycles. The lowest BCUT2D eigenvalue weighted by Gasteiger charge is -2.18. The van der Waals surface area contributed by atoms with Crippen LogP contribution in [0.1, 0.15) is 17.3 Å². The summed E-state index contributed by atoms with van der Waals surface area (Å²) in [6.45, 7) is 2.38. The van der Waals surface area contributed by atoms with Gasteiger partial charge in [-0.05, 0) is 25.1 Å². The molecule has 0 aliphatic rings. The third-order valence-electron chi connectivity index (χ3n) is 5.16. The van der Waals surface area contributed by atoms with Gasteiger partial charge in [-0.2, -0.15) is 5.10 Å². The van der Waals surface area contributed by atoms with Gasteiger partial charge in [0.15, 0.2) is 5.65 Å². The van der Waals surface area contributed by atoms with Crippen molar-refractivity contribution in [2.75, 3.05) is 18.9 Å². The van der Waals surface area contributed by atoms with E-state index in [4.69, 9.17) is 28.2 Å². The molecule has 0 aliphatic carbocycles. The van der Waals surface area contributed by atoms with Gasteiger partial charge in [0.1, 0.15) is 0 Å². The standard InChI is InChI=1S/C24H21Cl2N5O2/c1-3-31-23-17(13-27-31)16(12-20(28-23)15-8-5-4-6-9-15)24(33)30(2)14-21(32)29-22-18(25)10-7-11-19(22)26/h4-13H,3,14H2,1-2H3,(H,29,32). The number of rotatable bonds is 6. The van der Waals surface area contributed by atoms with E-state index in [0.29, 0.717) is 44.6 Å². The Morgan fingerprint density at radius 2 is 1.76 bits per heavy atom. The number of carbonyl (C=O) groups excluding carboxylic acids is 2. The number of hydrogen-bond acceptors (Lipinski definition) is 4. The Labute approximate surface area is 200 Å². The van der Waals surface area contributed by atoms with Crippen LogP contribution in [0.4, 0.5) is 5.69 Å². The summed E-state index contributed by atoms with van der Waals surface area (Å²) in [5.74, 6) is -0.741. The molecule has 0 radical (unpaired) electrons. The van der Waals surface area contributed by atoms with Crippen molar-refractivity contribution in [1.82, 2.24) is 19.7 Å². The highest BCUT2D eigenvalue weighted by atomic mass is 35.5. The van der Waals surface area contributed by atoms with Crippen LogP contribution in [-0.4, -0.2) is 45.1 Å². The molecule has 0 unspecified atom stereocenters. The van der Waals surface area contributed by atoms with Crippen molar-refractivity contribution in [2.24, 2.45) is 0 Å². The van der Waals surface area contributed by atoms with Crippen molar-refractivity contribution in [3.8, 4) is 11.3 Å². The first-order valence-corrected chi connectivity index (χ1v) is 11.1. The Hall–Kier alpha value is -3.42. The normalized spacial score (nSPS) is 10.9. The molecule has 168 valence electrons. The van der Waals surface area contributed by atoms with Crippen LogP contribution in [0.25, 0.3) is 22.3 Å². The predicted octanol–water partition coefficient (Wildman–Crippen LogP) is 5.14. The topological polar surface area (TPSA) is 80.1 Å². The number of likely N-dealkylation sites (N-methyl/N-ethyl adjacent to an activating group) is 1. The molecule has 2 aromatic heterocycles. The summed E-state index contributed by atoms with van der Waals surface area (Å²) < 4.78 is 1.74. The maximum Gasteiger partial charge on any atom is 0.254 e. The molecular weight excluding hydrogens is 461 g/mol. The fraction of sp³-hybridized carbons (Fsp3) is 0.167. The van der Waals surface area contributed by atoms with Crippen LogP contribution in [0.2, 0.25) is 10.0 Å². The Bertz CT molecular complexity index is 1320. The monoisotopic (exact) mass is 481 g/mol. The zero-order chi connectivity index (χ0) is 23.5. The molecule has 0 saturated carbocycles. The van der Waals surface area contributed by atoms with E-state index in [1.54, 1.807) is 42.2 Å². The van der Waals surface area contributed by atoms with Crippen molar-refractivity contribution in [3.05, 3.63) is 76.4 Å². The first-order valence-electron chi connectivity index (χ1n) is 10.3. The average Bonchev–Trinajstić information content (AvgIpc) is 3.24. The van der Waals surface area contributed by atoms with Gasteiger partial charge in [-0.3, -0.25) is 9.59 Å². The highest BCUT2D eigenvalue weighted by Gasteiger charge is 2.22. The predicted molar refractivity (Wildman–Crippen MR) is 131 cm³/mol. The van der Waals surface area contributed by atoms with Crippen LogP contribution in [0, 0.1) is 0 Å². The van der Waals surface area contributed by atoms with Gasteiger partial charge >= 0.3 is 0 Å². The minimum atomic E-state index is -0.418. The third-order valence-corrected chi connectivity index (χ3v) is 5.79. The maximum absolute atomic E-state index is 13.4. The van der Waals surface area contributed by atoms with Crippen LogP contribution >= 0.6 is 23.2 Å². The van der Waals surface area contributed by atoms with Gasteiger partial charge in [0.2, 0.25) is 5.91 Å². The Kier molecular flexibility index (Phi) is 6.62. The summed E-state index contributed by atoms with van der Waals surface area (Å²) >= 11 is 12.3. The number of pyridine rings is 1. The van der Waals surface area contributed by atoms with Crippen molar-refractivity contribution in [3.63, 3.8) is 0 Å². The van der Waals surface area contributed by atoms with Gasteiger partial charge < -0.3 is 10.2 Å². The van der Waals surface area contributed by atoms with Crippen LogP contribution < -0.4 is 5.32 Å². The Balaban J connectivity index is 1.64. The smallest absolute Gasteiger partial charge is 0.254 e. The van der Waals surface area contributed by atoms with Crippen molar-refractivity contribution in [2.45, 2.75) is 13.5 Å². The zero-order valence-electron chi connectivity index (χ0n) is 18.0. The van der Waals surface area contributed by atoms with E-state index in [0.717, 1.165) is 5.56 Å². The number of carbonyl (C=O) groups is 2. The minimum Gasteiger partial charge on any atom is -0.332 e. The SMILES string of the molecule is CCn1ncc2c(C(=O)N(C)CC(=O)Nc3c(Cl)cccc3Cl)cc(-c3ccccc3)nc21. The number of aryl methyl sites for hydroxylation is 1. The molecule has 2 heterocycles. The molecule has 2 aromatic carbocycles. The summed E-state index contributed by atoms with van der Waals surface area (Å²) in [7, 11) is 1.56. The summed E-state index contributed by atoms with van der Waals surface area (Å²) in [6, 6.07) is 16.3. The summed E-state index contributed by atoms with van der Waals surface area (Å²) in [5.41, 5.74) is 2.88. The number of anilines is 1. The number of benzene rings is 2. The highest BCUT2D eigenvalue weighted by molar-refractivity contribution is 6.39. The maximum atomic E-state index is 13.4. The molecule has 7 nitrogen and oxygen atoms in total. The van der Waals surface area contributed by atoms with Gasteiger partial charge in [-0.1, -0.05) is 59.6 Å². The van der Waals surface area contributed by atoms with E-state index in [-0.39, 0.29) is 12.5 Å². The second kappa shape index (κ2) is 9.60. The summed E-state index contributed by atoms with van der Waals surface area (Å²) in [5, 5.41) is 8.31.